The number of rotatable bonds is 2. The van der Waals surface area contributed by atoms with Gasteiger partial charge in [-0.2, -0.15) is 0 Å². The Labute approximate surface area is 46.9 Å². The van der Waals surface area contributed by atoms with Crippen molar-refractivity contribution in [2.45, 2.75) is 0 Å². The van der Waals surface area contributed by atoms with Gasteiger partial charge in [-0.25, -0.2) is 0 Å². The number of alkyl halides is 1. The zero-order valence-electron chi connectivity index (χ0n) is 3.73. The Kier molecular flexibility index (Phi) is 3.42. The highest BCUT2D eigenvalue weighted by molar-refractivity contribution is 6.29. The van der Waals surface area contributed by atoms with Gasteiger partial charge in [0.05, 0.1) is 5.88 Å². The molecule has 0 atom stereocenters. The first-order valence-electron chi connectivity index (χ1n) is 1.78. The fourth-order valence-electron chi connectivity index (χ4n) is 0.152. The van der Waals surface area contributed by atoms with Gasteiger partial charge < -0.3 is 5.73 Å². The molecule has 0 aliphatic rings. The maximum Gasteiger partial charge on any atom is 0.171 e. The lowest BCUT2D eigenvalue weighted by Crippen LogP contribution is -1.93. The van der Waals surface area contributed by atoms with Gasteiger partial charge in [0, 0.05) is 0 Å². The summed E-state index contributed by atoms with van der Waals surface area (Å²) in [5.41, 5.74) is 4.84. The van der Waals surface area contributed by atoms with Gasteiger partial charge in [0.2, 0.25) is 0 Å². The Morgan fingerprint density at radius 2 is 2.43 bits per heavy atom. The van der Waals surface area contributed by atoms with Crippen LogP contribution in [-0.4, -0.2) is 11.7 Å². The van der Waals surface area contributed by atoms with E-state index in [2.05, 4.69) is 0 Å². The molecule has 0 bridgehead atoms. The Morgan fingerprint density at radius 1 is 1.86 bits per heavy atom. The third-order valence-electron chi connectivity index (χ3n) is 0.414. The zero-order chi connectivity index (χ0) is 5.70. The molecule has 0 aromatic heterocycles. The SMILES string of the molecule is NC=CC(=O)CCl. The maximum absolute atomic E-state index is 10.1. The minimum atomic E-state index is -0.163. The molecule has 0 rings (SSSR count). The van der Waals surface area contributed by atoms with E-state index in [1.807, 2.05) is 0 Å². The van der Waals surface area contributed by atoms with Crippen LogP contribution in [0, 0.1) is 0 Å². The van der Waals surface area contributed by atoms with Crippen LogP contribution < -0.4 is 5.73 Å². The van der Waals surface area contributed by atoms with Crippen LogP contribution >= 0.6 is 11.6 Å². The highest BCUT2D eigenvalue weighted by atomic mass is 35.5. The molecule has 0 unspecified atom stereocenters. The van der Waals surface area contributed by atoms with Crippen LogP contribution in [-0.2, 0) is 4.79 Å². The lowest BCUT2D eigenvalue weighted by Gasteiger charge is -1.76. The zero-order valence-corrected chi connectivity index (χ0v) is 4.48. The molecule has 0 radical (unpaired) electrons. The standard InChI is InChI=1S/C4H6ClNO/c5-3-4(7)1-2-6/h1-2H,3,6H2. The number of carbonyl (C=O) groups is 1. The Balaban J connectivity index is 3.37. The summed E-state index contributed by atoms with van der Waals surface area (Å²) in [5.74, 6) is -0.155. The Morgan fingerprint density at radius 3 is 2.57 bits per heavy atom. The average Bonchev–Trinajstić information content (AvgIpc) is 1.68. The molecule has 40 valence electrons. The summed E-state index contributed by atoms with van der Waals surface area (Å²) in [7, 11) is 0. The average molecular weight is 120 g/mol. The van der Waals surface area contributed by atoms with Gasteiger partial charge in [-0.15, -0.1) is 11.6 Å². The molecule has 0 aliphatic heterocycles. The van der Waals surface area contributed by atoms with Crippen LogP contribution in [0.3, 0.4) is 0 Å². The van der Waals surface area contributed by atoms with Crippen molar-refractivity contribution in [1.82, 2.24) is 0 Å². The molecule has 0 fully saturated rings. The largest absolute Gasteiger partial charge is 0.404 e. The van der Waals surface area contributed by atoms with Gasteiger partial charge in [0.1, 0.15) is 0 Å². The molecule has 0 saturated carbocycles. The highest BCUT2D eigenvalue weighted by Crippen LogP contribution is 1.77. The van der Waals surface area contributed by atoms with E-state index >= 15 is 0 Å². The molecule has 0 spiro atoms. The van der Waals surface area contributed by atoms with Gasteiger partial charge in [0.15, 0.2) is 5.78 Å². The second kappa shape index (κ2) is 3.68. The van der Waals surface area contributed by atoms with Crippen molar-refractivity contribution in [3.8, 4) is 0 Å². The predicted molar refractivity (Wildman–Crippen MR) is 29.1 cm³/mol. The van der Waals surface area contributed by atoms with Gasteiger partial charge in [-0.05, 0) is 12.3 Å². The van der Waals surface area contributed by atoms with E-state index in [1.54, 1.807) is 0 Å². The number of halogens is 1. The van der Waals surface area contributed by atoms with Crippen LogP contribution in [0.5, 0.6) is 0 Å². The first kappa shape index (κ1) is 6.50. The number of carbonyl (C=O) groups excluding carboxylic acids is 1. The number of nitrogens with two attached hydrogens (primary N) is 1. The molecule has 7 heavy (non-hydrogen) atoms. The minimum absolute atomic E-state index is 0.00764. The Bertz CT molecular complexity index is 89.7. The van der Waals surface area contributed by atoms with E-state index in [-0.39, 0.29) is 11.7 Å². The van der Waals surface area contributed by atoms with Crippen molar-refractivity contribution >= 4 is 17.4 Å². The van der Waals surface area contributed by atoms with Crippen molar-refractivity contribution in [1.29, 1.82) is 0 Å². The van der Waals surface area contributed by atoms with Gasteiger partial charge >= 0.3 is 0 Å². The third kappa shape index (κ3) is 3.33. The summed E-state index contributed by atoms with van der Waals surface area (Å²) in [6, 6.07) is 0. The molecule has 0 aliphatic carbocycles. The number of ketones is 1. The summed E-state index contributed by atoms with van der Waals surface area (Å²) in [5, 5.41) is 0. The molecular weight excluding hydrogens is 114 g/mol. The topological polar surface area (TPSA) is 43.1 Å². The summed E-state index contributed by atoms with van der Waals surface area (Å²) in [6.07, 6.45) is 2.40. The predicted octanol–water partition coefficient (Wildman–Crippen LogP) is 0.267. The molecule has 0 amide bonds. The normalized spacial score (nSPS) is 9.86. The molecule has 0 heterocycles. The summed E-state index contributed by atoms with van der Waals surface area (Å²) < 4.78 is 0. The van der Waals surface area contributed by atoms with Crippen molar-refractivity contribution in [2.24, 2.45) is 5.73 Å². The number of allylic oxidation sites excluding steroid dienone is 1. The monoisotopic (exact) mass is 119 g/mol. The lowest BCUT2D eigenvalue weighted by atomic mass is 10.4. The number of hydrogen-bond donors (Lipinski definition) is 1. The fraction of sp³-hybridized carbons (Fsp3) is 0.250. The highest BCUT2D eigenvalue weighted by Gasteiger charge is 1.86. The number of hydrogen-bond acceptors (Lipinski definition) is 2. The second-order valence-corrected chi connectivity index (χ2v) is 1.23. The van der Waals surface area contributed by atoms with E-state index in [1.165, 1.54) is 12.3 Å². The van der Waals surface area contributed by atoms with Crippen LogP contribution in [0.1, 0.15) is 0 Å². The van der Waals surface area contributed by atoms with Crippen molar-refractivity contribution in [2.75, 3.05) is 5.88 Å². The quantitative estimate of drug-likeness (QED) is 0.419. The van der Waals surface area contributed by atoms with Crippen molar-refractivity contribution in [3.63, 3.8) is 0 Å². The minimum Gasteiger partial charge on any atom is -0.404 e. The fourth-order valence-corrected chi connectivity index (χ4v) is 0.241. The van der Waals surface area contributed by atoms with E-state index in [4.69, 9.17) is 17.3 Å². The molecule has 2 nitrogen and oxygen atoms in total. The maximum atomic E-state index is 10.1. The summed E-state index contributed by atoms with van der Waals surface area (Å²) in [4.78, 5) is 10.1. The molecule has 3 heteroatoms. The van der Waals surface area contributed by atoms with Crippen molar-refractivity contribution in [3.05, 3.63) is 12.3 Å². The Hall–Kier alpha value is -0.500. The van der Waals surface area contributed by atoms with E-state index in [0.29, 0.717) is 0 Å². The molecule has 0 aromatic rings. The van der Waals surface area contributed by atoms with Crippen molar-refractivity contribution < 1.29 is 4.79 Å². The first-order chi connectivity index (χ1) is 3.31. The third-order valence-corrected chi connectivity index (χ3v) is 0.677. The van der Waals surface area contributed by atoms with Crippen LogP contribution in [0.15, 0.2) is 12.3 Å². The van der Waals surface area contributed by atoms with E-state index in [9.17, 15) is 4.79 Å². The van der Waals surface area contributed by atoms with Crippen LogP contribution in [0.4, 0.5) is 0 Å². The van der Waals surface area contributed by atoms with Gasteiger partial charge in [0.25, 0.3) is 0 Å². The van der Waals surface area contributed by atoms with E-state index in [0.717, 1.165) is 0 Å². The van der Waals surface area contributed by atoms with Gasteiger partial charge in [-0.3, -0.25) is 4.79 Å². The summed E-state index contributed by atoms with van der Waals surface area (Å²) >= 11 is 5.07. The van der Waals surface area contributed by atoms with Crippen LogP contribution in [0.25, 0.3) is 0 Å². The first-order valence-corrected chi connectivity index (χ1v) is 2.31. The lowest BCUT2D eigenvalue weighted by molar-refractivity contribution is -0.112. The second-order valence-electron chi connectivity index (χ2n) is 0.959. The van der Waals surface area contributed by atoms with Crippen LogP contribution in [0.2, 0.25) is 0 Å². The molecule has 0 aromatic carbocycles. The smallest absolute Gasteiger partial charge is 0.171 e. The molecule has 2 N–H and O–H groups in total. The molecular formula is C4H6ClNO. The molecule has 0 saturated heterocycles. The summed E-state index contributed by atoms with van der Waals surface area (Å²) in [6.45, 7) is 0. The van der Waals surface area contributed by atoms with E-state index < -0.39 is 0 Å². The van der Waals surface area contributed by atoms with Gasteiger partial charge in [-0.1, -0.05) is 0 Å².